The molecule has 0 amide bonds. The summed E-state index contributed by atoms with van der Waals surface area (Å²) in [5, 5.41) is 66.2. The van der Waals surface area contributed by atoms with Gasteiger partial charge >= 0.3 is 0 Å². The van der Waals surface area contributed by atoms with Crippen molar-refractivity contribution in [3.8, 4) is 0 Å². The summed E-state index contributed by atoms with van der Waals surface area (Å²) in [6.07, 6.45) is -4.66. The molecule has 7 unspecified atom stereocenters. The fraction of sp³-hybridized carbons (Fsp3) is 1.00. The molecule has 0 aromatic heterocycles. The van der Waals surface area contributed by atoms with Crippen LogP contribution in [0.15, 0.2) is 0 Å². The van der Waals surface area contributed by atoms with Crippen LogP contribution >= 0.6 is 0 Å². The molecule has 17 heavy (non-hydrogen) atoms. The van der Waals surface area contributed by atoms with E-state index in [1.807, 2.05) is 0 Å². The SMILES string of the molecule is OCC(O)C1C(O)C(O)C2C(O)(CO)OC12O. The van der Waals surface area contributed by atoms with Crippen molar-refractivity contribution in [1.82, 2.24) is 0 Å². The number of aliphatic hydroxyl groups is 7. The van der Waals surface area contributed by atoms with E-state index in [0.29, 0.717) is 0 Å². The van der Waals surface area contributed by atoms with E-state index in [-0.39, 0.29) is 0 Å². The van der Waals surface area contributed by atoms with Gasteiger partial charge in [0.15, 0.2) is 5.79 Å². The summed E-state index contributed by atoms with van der Waals surface area (Å²) in [5.74, 6) is -7.03. The maximum absolute atomic E-state index is 10.0. The van der Waals surface area contributed by atoms with Crippen LogP contribution in [0, 0.1) is 11.8 Å². The van der Waals surface area contributed by atoms with E-state index in [4.69, 9.17) is 14.9 Å². The lowest BCUT2D eigenvalue weighted by Crippen LogP contribution is -2.73. The molecule has 0 bridgehead atoms. The Hall–Kier alpha value is -0.320. The molecule has 1 aliphatic carbocycles. The second kappa shape index (κ2) is 3.84. The van der Waals surface area contributed by atoms with Gasteiger partial charge in [-0.25, -0.2) is 0 Å². The summed E-state index contributed by atoms with van der Waals surface area (Å²) in [6.45, 7) is -1.61. The van der Waals surface area contributed by atoms with E-state index in [9.17, 15) is 25.5 Å². The minimum atomic E-state index is -2.17. The topological polar surface area (TPSA) is 151 Å². The third-order valence-electron chi connectivity index (χ3n) is 3.64. The normalized spacial score (nSPS) is 55.2. The van der Waals surface area contributed by atoms with Crippen LogP contribution in [0.2, 0.25) is 0 Å². The van der Waals surface area contributed by atoms with Crippen molar-refractivity contribution in [2.24, 2.45) is 11.8 Å². The summed E-state index contributed by atoms with van der Waals surface area (Å²) in [6, 6.07) is 0. The highest BCUT2D eigenvalue weighted by molar-refractivity contribution is 5.16. The molecule has 0 aromatic carbocycles. The summed E-state index contributed by atoms with van der Waals surface area (Å²) in [4.78, 5) is 0. The second-order valence-corrected chi connectivity index (χ2v) is 4.59. The maximum Gasteiger partial charge on any atom is 0.202 e. The van der Waals surface area contributed by atoms with E-state index in [0.717, 1.165) is 0 Å². The maximum atomic E-state index is 10.0. The Morgan fingerprint density at radius 2 is 1.71 bits per heavy atom. The van der Waals surface area contributed by atoms with Crippen molar-refractivity contribution in [1.29, 1.82) is 0 Å². The predicted molar refractivity (Wildman–Crippen MR) is 50.2 cm³/mol. The van der Waals surface area contributed by atoms with Crippen LogP contribution < -0.4 is 0 Å². The Bertz CT molecular complexity index is 299. The Balaban J connectivity index is 2.30. The first-order chi connectivity index (χ1) is 7.81. The van der Waals surface area contributed by atoms with Crippen LogP contribution in [-0.4, -0.2) is 78.8 Å². The van der Waals surface area contributed by atoms with Gasteiger partial charge in [0.05, 0.1) is 43.4 Å². The second-order valence-electron chi connectivity index (χ2n) is 4.59. The van der Waals surface area contributed by atoms with Crippen molar-refractivity contribution in [2.45, 2.75) is 29.9 Å². The summed E-state index contributed by atoms with van der Waals surface area (Å²) < 4.78 is 4.73. The molecule has 2 fully saturated rings. The van der Waals surface area contributed by atoms with Crippen molar-refractivity contribution in [2.75, 3.05) is 13.2 Å². The quantitative estimate of drug-likeness (QED) is 0.266. The van der Waals surface area contributed by atoms with Crippen LogP contribution in [0.3, 0.4) is 0 Å². The van der Waals surface area contributed by atoms with Crippen molar-refractivity contribution in [3.05, 3.63) is 0 Å². The van der Waals surface area contributed by atoms with Crippen molar-refractivity contribution < 1.29 is 40.5 Å². The molecule has 1 heterocycles. The first-order valence-electron chi connectivity index (χ1n) is 5.22. The summed E-state index contributed by atoms with van der Waals surface area (Å²) in [5.41, 5.74) is 0. The van der Waals surface area contributed by atoms with Gasteiger partial charge in [-0.2, -0.15) is 0 Å². The first kappa shape index (κ1) is 13.1. The Kier molecular flexibility index (Phi) is 2.96. The third kappa shape index (κ3) is 1.47. The molecule has 0 radical (unpaired) electrons. The first-order valence-corrected chi connectivity index (χ1v) is 5.22. The fourth-order valence-electron chi connectivity index (χ4n) is 2.86. The van der Waals surface area contributed by atoms with Crippen molar-refractivity contribution in [3.63, 3.8) is 0 Å². The molecule has 1 saturated carbocycles. The van der Waals surface area contributed by atoms with Crippen LogP contribution in [0.4, 0.5) is 0 Å². The molecule has 8 nitrogen and oxygen atoms in total. The van der Waals surface area contributed by atoms with Crippen molar-refractivity contribution >= 4 is 0 Å². The number of ether oxygens (including phenoxy) is 1. The average Bonchev–Trinajstić information content (AvgIpc) is 2.42. The highest BCUT2D eigenvalue weighted by Crippen LogP contribution is 2.57. The van der Waals surface area contributed by atoms with Crippen LogP contribution in [0.25, 0.3) is 0 Å². The lowest BCUT2D eigenvalue weighted by molar-refractivity contribution is -0.493. The van der Waals surface area contributed by atoms with Gasteiger partial charge in [-0.05, 0) is 0 Å². The van der Waals surface area contributed by atoms with Gasteiger partial charge in [0.2, 0.25) is 5.79 Å². The fourth-order valence-corrected chi connectivity index (χ4v) is 2.86. The molecule has 2 aliphatic rings. The zero-order valence-electron chi connectivity index (χ0n) is 8.84. The van der Waals surface area contributed by atoms with Gasteiger partial charge in [-0.1, -0.05) is 0 Å². The monoisotopic (exact) mass is 252 g/mol. The molecule has 1 saturated heterocycles. The number of rotatable bonds is 3. The molecule has 0 aromatic rings. The number of hydrogen-bond donors (Lipinski definition) is 7. The Labute approximate surface area is 96.3 Å². The third-order valence-corrected chi connectivity index (χ3v) is 3.64. The molecule has 0 spiro atoms. The zero-order valence-corrected chi connectivity index (χ0v) is 8.84. The largest absolute Gasteiger partial charge is 0.394 e. The molecule has 7 atom stereocenters. The highest BCUT2D eigenvalue weighted by atomic mass is 16.8. The smallest absolute Gasteiger partial charge is 0.202 e. The minimum Gasteiger partial charge on any atom is -0.394 e. The van der Waals surface area contributed by atoms with Gasteiger partial charge in [0, 0.05) is 0 Å². The lowest BCUT2D eigenvalue weighted by atomic mass is 9.80. The van der Waals surface area contributed by atoms with E-state index in [2.05, 4.69) is 0 Å². The highest BCUT2D eigenvalue weighted by Gasteiger charge is 2.77. The van der Waals surface area contributed by atoms with Crippen LogP contribution in [-0.2, 0) is 4.74 Å². The van der Waals surface area contributed by atoms with E-state index < -0.39 is 54.9 Å². The molecule has 8 heteroatoms. The predicted octanol–water partition coefficient (Wildman–Crippen LogP) is -4.29. The standard InChI is InChI=1S/C9H16O8/c10-1-3(12)4-5(13)6(14)7-8(15,2-11)17-9(4,7)16/h3-7,10-16H,1-2H2. The Morgan fingerprint density at radius 1 is 1.12 bits per heavy atom. The van der Waals surface area contributed by atoms with E-state index in [1.165, 1.54) is 0 Å². The molecule has 1 aliphatic heterocycles. The Morgan fingerprint density at radius 3 is 2.18 bits per heavy atom. The molecule has 7 N–H and O–H groups in total. The molecular formula is C9H16O8. The summed E-state index contributed by atoms with van der Waals surface area (Å²) >= 11 is 0. The van der Waals surface area contributed by atoms with Crippen LogP contribution in [0.1, 0.15) is 0 Å². The van der Waals surface area contributed by atoms with E-state index >= 15 is 0 Å². The number of fused-ring (bicyclic) bond motifs is 1. The van der Waals surface area contributed by atoms with E-state index in [1.54, 1.807) is 0 Å². The van der Waals surface area contributed by atoms with Gasteiger partial charge in [0.25, 0.3) is 0 Å². The van der Waals surface area contributed by atoms with Gasteiger partial charge < -0.3 is 40.5 Å². The molecule has 100 valence electrons. The molecule has 2 rings (SSSR count). The zero-order chi connectivity index (χ0) is 13.0. The van der Waals surface area contributed by atoms with Crippen LogP contribution in [0.5, 0.6) is 0 Å². The lowest BCUT2D eigenvalue weighted by Gasteiger charge is -2.55. The van der Waals surface area contributed by atoms with Gasteiger partial charge in [-0.3, -0.25) is 0 Å². The minimum absolute atomic E-state index is 0.746. The summed E-state index contributed by atoms with van der Waals surface area (Å²) in [7, 11) is 0. The van der Waals surface area contributed by atoms with Gasteiger partial charge in [-0.15, -0.1) is 0 Å². The number of aliphatic hydroxyl groups excluding tert-OH is 5. The van der Waals surface area contributed by atoms with Gasteiger partial charge in [0.1, 0.15) is 0 Å². The number of hydrogen-bond acceptors (Lipinski definition) is 8. The molecular weight excluding hydrogens is 236 g/mol. The average molecular weight is 252 g/mol.